The molecule has 0 saturated heterocycles. The van der Waals surface area contributed by atoms with Gasteiger partial charge in [-0.2, -0.15) is 35.1 Å². The Balaban J connectivity index is 2.70. The predicted octanol–water partition coefficient (Wildman–Crippen LogP) is 4.72. The fraction of sp³-hybridized carbons (Fsp3) is 1.00. The van der Waals surface area contributed by atoms with Crippen molar-refractivity contribution in [3.05, 3.63) is 0 Å². The smallest absolute Gasteiger partial charge is 0.233 e. The van der Waals surface area contributed by atoms with Crippen molar-refractivity contribution < 1.29 is 52.3 Å². The molecule has 2 rings (SSSR count). The lowest BCUT2D eigenvalue weighted by atomic mass is 9.59. The van der Waals surface area contributed by atoms with Crippen molar-refractivity contribution in [2.24, 2.45) is 0 Å². The Labute approximate surface area is 148 Å². The molecule has 0 N–H and O–H groups in total. The van der Waals surface area contributed by atoms with Crippen LogP contribution in [0.5, 0.6) is 0 Å². The van der Waals surface area contributed by atoms with Crippen LogP contribution < -0.4 is 0 Å². The molecule has 2 saturated carbocycles. The summed E-state index contributed by atoms with van der Waals surface area (Å²) in [4.78, 5) is 0. The minimum absolute atomic E-state index is 0.111. The van der Waals surface area contributed by atoms with Crippen molar-refractivity contribution >= 4 is 9.84 Å². The average molecular weight is 438 g/mol. The maximum atomic E-state index is 15.0. The SMILES string of the molecule is CCC(C)S(=O)(=O)C1CCC2(F)C(F)(F)C(F)(F)C(F)(F)C(F)(F)C2(F)C1. The lowest BCUT2D eigenvalue weighted by Crippen LogP contribution is -2.86. The second-order valence-electron chi connectivity index (χ2n) is 7.07. The molecule has 0 aromatic carbocycles. The molecule has 160 valence electrons. The number of halogens is 10. The van der Waals surface area contributed by atoms with Gasteiger partial charge in [-0.3, -0.25) is 0 Å². The molecule has 0 radical (unpaired) electrons. The van der Waals surface area contributed by atoms with Crippen molar-refractivity contribution in [3.63, 3.8) is 0 Å². The van der Waals surface area contributed by atoms with Gasteiger partial charge in [0.15, 0.2) is 9.84 Å². The van der Waals surface area contributed by atoms with Crippen LogP contribution in [0.3, 0.4) is 0 Å². The van der Waals surface area contributed by atoms with Gasteiger partial charge in [0.1, 0.15) is 0 Å². The molecule has 0 aromatic rings. The highest BCUT2D eigenvalue weighted by atomic mass is 32.2. The van der Waals surface area contributed by atoms with E-state index < -0.39 is 74.6 Å². The molecule has 0 aromatic heterocycles. The first kappa shape index (κ1) is 22.5. The van der Waals surface area contributed by atoms with Gasteiger partial charge in [-0.15, -0.1) is 0 Å². The second-order valence-corrected chi connectivity index (χ2v) is 9.72. The molecule has 4 atom stereocenters. The van der Waals surface area contributed by atoms with E-state index in [0.29, 0.717) is 0 Å². The van der Waals surface area contributed by atoms with E-state index in [1.165, 1.54) is 6.92 Å². The van der Waals surface area contributed by atoms with Crippen LogP contribution in [0.15, 0.2) is 0 Å². The van der Waals surface area contributed by atoms with Crippen molar-refractivity contribution in [2.45, 2.75) is 85.1 Å². The van der Waals surface area contributed by atoms with Crippen LogP contribution in [0.4, 0.5) is 43.9 Å². The third kappa shape index (κ3) is 2.23. The van der Waals surface area contributed by atoms with Crippen LogP contribution in [-0.2, 0) is 9.84 Å². The molecule has 27 heavy (non-hydrogen) atoms. The van der Waals surface area contributed by atoms with E-state index in [1.807, 2.05) is 0 Å². The standard InChI is InChI=1S/C14H16F10O2S/c1-3-7(2)27(25,26)8-4-5-9(15)10(16,6-8)12(19,20)14(23,24)13(21,22)11(9,17)18/h7-8H,3-6H2,1-2H3. The van der Waals surface area contributed by atoms with Crippen LogP contribution in [0, 0.1) is 0 Å². The highest BCUT2D eigenvalue weighted by molar-refractivity contribution is 7.92. The third-order valence-corrected chi connectivity index (χ3v) is 8.51. The first-order valence-electron chi connectivity index (χ1n) is 7.91. The Kier molecular flexibility index (Phi) is 4.72. The molecule has 0 aliphatic heterocycles. The van der Waals surface area contributed by atoms with Crippen LogP contribution in [0.25, 0.3) is 0 Å². The Morgan fingerprint density at radius 2 is 1.22 bits per heavy atom. The summed E-state index contributed by atoms with van der Waals surface area (Å²) >= 11 is 0. The van der Waals surface area contributed by atoms with E-state index in [0.717, 1.165) is 6.92 Å². The summed E-state index contributed by atoms with van der Waals surface area (Å²) in [7, 11) is -4.50. The van der Waals surface area contributed by atoms with Crippen molar-refractivity contribution in [1.82, 2.24) is 0 Å². The molecule has 0 heterocycles. The summed E-state index contributed by atoms with van der Waals surface area (Å²) in [5.41, 5.74) is -10.9. The molecule has 0 spiro atoms. The summed E-state index contributed by atoms with van der Waals surface area (Å²) in [5, 5.41) is -3.50. The van der Waals surface area contributed by atoms with Crippen LogP contribution >= 0.6 is 0 Å². The van der Waals surface area contributed by atoms with Crippen LogP contribution in [-0.4, -0.2) is 53.9 Å². The second kappa shape index (κ2) is 5.65. The number of fused-ring (bicyclic) bond motifs is 1. The van der Waals surface area contributed by atoms with Gasteiger partial charge in [0.25, 0.3) is 0 Å². The topological polar surface area (TPSA) is 34.1 Å². The number of alkyl halides is 10. The quantitative estimate of drug-likeness (QED) is 0.598. The normalized spacial score (nSPS) is 40.8. The zero-order chi connectivity index (χ0) is 21.5. The lowest BCUT2D eigenvalue weighted by molar-refractivity contribution is -0.468. The molecule has 2 aliphatic rings. The van der Waals surface area contributed by atoms with E-state index in [1.54, 1.807) is 0 Å². The Bertz CT molecular complexity index is 721. The number of hydrogen-bond donors (Lipinski definition) is 0. The Hall–Kier alpha value is -0.750. The average Bonchev–Trinajstić information content (AvgIpc) is 2.54. The first-order valence-corrected chi connectivity index (χ1v) is 9.52. The van der Waals surface area contributed by atoms with Gasteiger partial charge >= 0.3 is 23.7 Å². The first-order chi connectivity index (χ1) is 11.8. The molecular weight excluding hydrogens is 422 g/mol. The molecule has 13 heteroatoms. The Morgan fingerprint density at radius 3 is 1.63 bits per heavy atom. The molecule has 4 unspecified atom stereocenters. The maximum Gasteiger partial charge on any atom is 0.381 e. The zero-order valence-corrected chi connectivity index (χ0v) is 14.8. The van der Waals surface area contributed by atoms with E-state index in [2.05, 4.69) is 0 Å². The largest absolute Gasteiger partial charge is 0.381 e. The summed E-state index contributed by atoms with van der Waals surface area (Å²) < 4.78 is 164. The van der Waals surface area contributed by atoms with Crippen molar-refractivity contribution in [3.8, 4) is 0 Å². The summed E-state index contributed by atoms with van der Waals surface area (Å²) in [5.74, 6) is -26.9. The number of rotatable bonds is 3. The Morgan fingerprint density at radius 1 is 0.815 bits per heavy atom. The van der Waals surface area contributed by atoms with Crippen LogP contribution in [0.2, 0.25) is 0 Å². The lowest BCUT2D eigenvalue weighted by Gasteiger charge is -2.58. The van der Waals surface area contributed by atoms with Crippen LogP contribution in [0.1, 0.15) is 39.5 Å². The van der Waals surface area contributed by atoms with Crippen molar-refractivity contribution in [2.75, 3.05) is 0 Å². The van der Waals surface area contributed by atoms with Crippen molar-refractivity contribution in [1.29, 1.82) is 0 Å². The van der Waals surface area contributed by atoms with Gasteiger partial charge in [-0.25, -0.2) is 17.2 Å². The monoisotopic (exact) mass is 438 g/mol. The molecule has 2 nitrogen and oxygen atoms in total. The van der Waals surface area contributed by atoms with E-state index >= 15 is 0 Å². The van der Waals surface area contributed by atoms with Gasteiger partial charge < -0.3 is 0 Å². The van der Waals surface area contributed by atoms with E-state index in [4.69, 9.17) is 0 Å². The van der Waals surface area contributed by atoms with Gasteiger partial charge in [0.05, 0.1) is 10.5 Å². The summed E-state index contributed by atoms with van der Waals surface area (Å²) in [6.45, 7) is 2.42. The van der Waals surface area contributed by atoms with Gasteiger partial charge in [-0.1, -0.05) is 6.92 Å². The summed E-state index contributed by atoms with van der Waals surface area (Å²) in [6, 6.07) is 0. The van der Waals surface area contributed by atoms with E-state index in [-0.39, 0.29) is 6.42 Å². The fourth-order valence-electron chi connectivity index (χ4n) is 3.65. The fourth-order valence-corrected chi connectivity index (χ4v) is 5.68. The number of hydrogen-bond acceptors (Lipinski definition) is 2. The maximum absolute atomic E-state index is 15.0. The van der Waals surface area contributed by atoms with Gasteiger partial charge in [-0.05, 0) is 26.2 Å². The molecular formula is C14H16F10O2S. The minimum atomic E-state index is -6.95. The van der Waals surface area contributed by atoms with E-state index in [9.17, 15) is 52.3 Å². The summed E-state index contributed by atoms with van der Waals surface area (Å²) in [6.07, 6.45) is -5.68. The zero-order valence-electron chi connectivity index (χ0n) is 14.0. The van der Waals surface area contributed by atoms with Gasteiger partial charge in [0, 0.05) is 6.42 Å². The third-order valence-electron chi connectivity index (χ3n) is 5.73. The molecule has 0 bridgehead atoms. The minimum Gasteiger partial charge on any atom is -0.233 e. The number of sulfone groups is 1. The van der Waals surface area contributed by atoms with Gasteiger partial charge in [0.2, 0.25) is 11.3 Å². The highest BCUT2D eigenvalue weighted by Gasteiger charge is 2.99. The predicted molar refractivity (Wildman–Crippen MR) is 73.8 cm³/mol. The molecule has 2 aliphatic carbocycles. The molecule has 0 amide bonds. The highest BCUT2D eigenvalue weighted by Crippen LogP contribution is 2.72. The molecule has 2 fully saturated rings.